The Morgan fingerprint density at radius 2 is 2.08 bits per heavy atom. The summed E-state index contributed by atoms with van der Waals surface area (Å²) in [6, 6.07) is 0. The van der Waals surface area contributed by atoms with Gasteiger partial charge in [-0.1, -0.05) is 6.42 Å². The maximum absolute atomic E-state index is 11.3. The van der Waals surface area contributed by atoms with Crippen molar-refractivity contribution >= 4 is 21.6 Å². The van der Waals surface area contributed by atoms with E-state index in [1.807, 2.05) is 0 Å². The highest BCUT2D eigenvalue weighted by Crippen LogP contribution is 2.25. The van der Waals surface area contributed by atoms with Crippen LogP contribution < -0.4 is 4.72 Å². The Morgan fingerprint density at radius 3 is 2.54 bits per heavy atom. The first-order valence-electron chi connectivity index (χ1n) is 4.67. The fourth-order valence-electron chi connectivity index (χ4n) is 1.26. The van der Waals surface area contributed by atoms with Crippen LogP contribution in [-0.4, -0.2) is 26.6 Å². The predicted octanol–water partition coefficient (Wildman–Crippen LogP) is 1.33. The van der Waals surface area contributed by atoms with Crippen LogP contribution in [0.2, 0.25) is 0 Å². The van der Waals surface area contributed by atoms with Gasteiger partial charge in [-0.15, -0.1) is 11.6 Å². The summed E-state index contributed by atoms with van der Waals surface area (Å²) in [5.74, 6) is 1.14. The minimum Gasteiger partial charge on any atom is -0.215 e. The molecule has 0 bridgehead atoms. The minimum absolute atomic E-state index is 0.156. The summed E-state index contributed by atoms with van der Waals surface area (Å²) in [6.07, 6.45) is 4.10. The first-order valence-corrected chi connectivity index (χ1v) is 6.86. The van der Waals surface area contributed by atoms with Crippen molar-refractivity contribution in [3.05, 3.63) is 0 Å². The second-order valence-corrected chi connectivity index (χ2v) is 5.81. The predicted molar refractivity (Wildman–Crippen MR) is 54.5 cm³/mol. The highest BCUT2D eigenvalue weighted by Gasteiger charge is 2.19. The van der Waals surface area contributed by atoms with Gasteiger partial charge in [-0.3, -0.25) is 0 Å². The van der Waals surface area contributed by atoms with Crippen molar-refractivity contribution in [1.82, 2.24) is 4.72 Å². The molecule has 1 rings (SSSR count). The Balaban J connectivity index is 2.17. The SMILES string of the molecule is O=S(=O)(CCCCl)NCC1CCC1. The number of alkyl halides is 1. The molecule has 1 saturated carbocycles. The standard InChI is InChI=1S/C8H16ClNO2S/c9-5-2-6-13(11,12)10-7-8-3-1-4-8/h8,10H,1-7H2. The zero-order valence-corrected chi connectivity index (χ0v) is 9.20. The second kappa shape index (κ2) is 5.17. The van der Waals surface area contributed by atoms with Crippen molar-refractivity contribution in [2.24, 2.45) is 5.92 Å². The zero-order valence-electron chi connectivity index (χ0n) is 7.63. The molecule has 0 atom stereocenters. The zero-order chi connectivity index (χ0) is 9.73. The van der Waals surface area contributed by atoms with E-state index in [9.17, 15) is 8.42 Å². The second-order valence-electron chi connectivity index (χ2n) is 3.51. The molecule has 1 aliphatic carbocycles. The molecule has 0 aromatic rings. The Bertz CT molecular complexity index is 237. The van der Waals surface area contributed by atoms with Gasteiger partial charge >= 0.3 is 0 Å². The molecule has 0 aromatic carbocycles. The van der Waals surface area contributed by atoms with Gasteiger partial charge in [0.05, 0.1) is 5.75 Å². The van der Waals surface area contributed by atoms with E-state index in [2.05, 4.69) is 4.72 Å². The van der Waals surface area contributed by atoms with Gasteiger partial charge in [0.2, 0.25) is 10.0 Å². The molecule has 0 heterocycles. The van der Waals surface area contributed by atoms with Gasteiger partial charge in [-0.05, 0) is 25.2 Å². The summed E-state index contributed by atoms with van der Waals surface area (Å²) in [6.45, 7) is 0.616. The van der Waals surface area contributed by atoms with Crippen LogP contribution in [0.25, 0.3) is 0 Å². The average molecular weight is 226 g/mol. The van der Waals surface area contributed by atoms with Crippen molar-refractivity contribution in [1.29, 1.82) is 0 Å². The van der Waals surface area contributed by atoms with Gasteiger partial charge in [0.15, 0.2) is 0 Å². The molecule has 13 heavy (non-hydrogen) atoms. The van der Waals surface area contributed by atoms with Crippen molar-refractivity contribution in [2.75, 3.05) is 18.2 Å². The summed E-state index contributed by atoms with van der Waals surface area (Å²) < 4.78 is 25.1. The fraction of sp³-hybridized carbons (Fsp3) is 1.00. The average Bonchev–Trinajstić information content (AvgIpc) is 1.98. The van der Waals surface area contributed by atoms with Crippen LogP contribution in [0.1, 0.15) is 25.7 Å². The molecular formula is C8H16ClNO2S. The molecule has 0 aromatic heterocycles. The van der Waals surface area contributed by atoms with E-state index in [1.165, 1.54) is 6.42 Å². The normalized spacial score (nSPS) is 18.5. The molecule has 3 nitrogen and oxygen atoms in total. The largest absolute Gasteiger partial charge is 0.215 e. The maximum atomic E-state index is 11.3. The summed E-state index contributed by atoms with van der Waals surface area (Å²) in [5.41, 5.74) is 0. The molecule has 0 radical (unpaired) electrons. The third-order valence-electron chi connectivity index (χ3n) is 2.36. The quantitative estimate of drug-likeness (QED) is 0.694. The Labute approximate surface area is 84.9 Å². The first-order chi connectivity index (χ1) is 6.14. The molecular weight excluding hydrogens is 210 g/mol. The third kappa shape index (κ3) is 4.29. The van der Waals surface area contributed by atoms with Gasteiger partial charge < -0.3 is 0 Å². The van der Waals surface area contributed by atoms with Crippen LogP contribution >= 0.6 is 11.6 Å². The van der Waals surface area contributed by atoms with Crippen LogP contribution in [0, 0.1) is 5.92 Å². The Hall–Kier alpha value is 0.200. The molecule has 0 spiro atoms. The number of hydrogen-bond acceptors (Lipinski definition) is 2. The lowest BCUT2D eigenvalue weighted by atomic mass is 9.86. The van der Waals surface area contributed by atoms with E-state index in [0.29, 0.717) is 24.8 Å². The Morgan fingerprint density at radius 1 is 1.38 bits per heavy atom. The lowest BCUT2D eigenvalue weighted by Crippen LogP contribution is -2.33. The number of sulfonamides is 1. The topological polar surface area (TPSA) is 46.2 Å². The van der Waals surface area contributed by atoms with Crippen molar-refractivity contribution in [3.8, 4) is 0 Å². The molecule has 1 N–H and O–H groups in total. The van der Waals surface area contributed by atoms with E-state index in [1.54, 1.807) is 0 Å². The lowest BCUT2D eigenvalue weighted by Gasteiger charge is -2.25. The number of rotatable bonds is 6. The van der Waals surface area contributed by atoms with Gasteiger partial charge in [0, 0.05) is 12.4 Å². The van der Waals surface area contributed by atoms with Crippen molar-refractivity contribution < 1.29 is 8.42 Å². The number of hydrogen-bond donors (Lipinski definition) is 1. The highest BCUT2D eigenvalue weighted by atomic mass is 35.5. The molecule has 0 aliphatic heterocycles. The van der Waals surface area contributed by atoms with Gasteiger partial charge in [-0.25, -0.2) is 13.1 Å². The van der Waals surface area contributed by atoms with Crippen LogP contribution in [0.4, 0.5) is 0 Å². The summed E-state index contributed by atoms with van der Waals surface area (Å²) in [7, 11) is -3.05. The smallest absolute Gasteiger partial charge is 0.211 e. The van der Waals surface area contributed by atoms with E-state index >= 15 is 0 Å². The maximum Gasteiger partial charge on any atom is 0.211 e. The van der Waals surface area contributed by atoms with Crippen LogP contribution in [-0.2, 0) is 10.0 Å². The van der Waals surface area contributed by atoms with E-state index in [0.717, 1.165) is 12.8 Å². The van der Waals surface area contributed by atoms with Crippen LogP contribution in [0.5, 0.6) is 0 Å². The van der Waals surface area contributed by atoms with Crippen molar-refractivity contribution in [3.63, 3.8) is 0 Å². The molecule has 78 valence electrons. The van der Waals surface area contributed by atoms with E-state index < -0.39 is 10.0 Å². The Kier molecular flexibility index (Phi) is 4.49. The summed E-state index contributed by atoms with van der Waals surface area (Å²) in [4.78, 5) is 0. The number of halogens is 1. The van der Waals surface area contributed by atoms with Crippen molar-refractivity contribution in [2.45, 2.75) is 25.7 Å². The van der Waals surface area contributed by atoms with E-state index in [-0.39, 0.29) is 5.75 Å². The summed E-state index contributed by atoms with van der Waals surface area (Å²) >= 11 is 5.42. The molecule has 0 amide bonds. The molecule has 0 saturated heterocycles. The summed E-state index contributed by atoms with van der Waals surface area (Å²) in [5, 5.41) is 0. The van der Waals surface area contributed by atoms with E-state index in [4.69, 9.17) is 11.6 Å². The fourth-order valence-corrected chi connectivity index (χ4v) is 2.71. The van der Waals surface area contributed by atoms with Gasteiger partial charge in [0.1, 0.15) is 0 Å². The van der Waals surface area contributed by atoms with Gasteiger partial charge in [-0.2, -0.15) is 0 Å². The highest BCUT2D eigenvalue weighted by molar-refractivity contribution is 7.89. The molecule has 1 fully saturated rings. The van der Waals surface area contributed by atoms with Crippen LogP contribution in [0.15, 0.2) is 0 Å². The monoisotopic (exact) mass is 225 g/mol. The molecule has 5 heteroatoms. The molecule has 1 aliphatic rings. The molecule has 0 unspecified atom stereocenters. The van der Waals surface area contributed by atoms with Gasteiger partial charge in [0.25, 0.3) is 0 Å². The van der Waals surface area contributed by atoms with Crippen LogP contribution in [0.3, 0.4) is 0 Å². The lowest BCUT2D eigenvalue weighted by molar-refractivity contribution is 0.316. The minimum atomic E-state index is -3.05. The first kappa shape index (κ1) is 11.3. The third-order valence-corrected chi connectivity index (χ3v) is 4.06. The number of nitrogens with one attached hydrogen (secondary N) is 1.